The van der Waals surface area contributed by atoms with E-state index in [2.05, 4.69) is 28.2 Å². The largest absolute Gasteiger partial charge is 0.496 e. The van der Waals surface area contributed by atoms with E-state index in [0.29, 0.717) is 6.04 Å². The van der Waals surface area contributed by atoms with E-state index in [4.69, 9.17) is 9.47 Å². The van der Waals surface area contributed by atoms with Crippen LogP contribution in [0.25, 0.3) is 0 Å². The first kappa shape index (κ1) is 16.0. The lowest BCUT2D eigenvalue weighted by molar-refractivity contribution is 0.112. The van der Waals surface area contributed by atoms with Gasteiger partial charge in [0.15, 0.2) is 0 Å². The van der Waals surface area contributed by atoms with E-state index in [9.17, 15) is 0 Å². The number of aromatic nitrogens is 2. The molecule has 0 amide bonds. The van der Waals surface area contributed by atoms with Gasteiger partial charge in [0, 0.05) is 37.7 Å². The number of rotatable bonds is 7. The second-order valence-corrected chi connectivity index (χ2v) is 6.07. The average molecular weight is 315 g/mol. The number of hydrogen-bond donors (Lipinski definition) is 0. The molecule has 0 unspecified atom stereocenters. The average Bonchev–Trinajstić information content (AvgIpc) is 3.21. The molecule has 1 fully saturated rings. The maximum absolute atomic E-state index is 5.50. The molecular formula is C18H25N3O2. The third-order valence-electron chi connectivity index (χ3n) is 4.48. The molecule has 1 atom stereocenters. The van der Waals surface area contributed by atoms with Crippen LogP contribution in [-0.2, 0) is 17.8 Å². The van der Waals surface area contributed by atoms with E-state index >= 15 is 0 Å². The molecule has 1 aromatic carbocycles. The SMILES string of the molecule is COC[C@@H]1CCCN1Cc1ccc(OC)c(Cn2cccn2)c1. The quantitative estimate of drug-likeness (QED) is 0.787. The van der Waals surface area contributed by atoms with E-state index in [1.807, 2.05) is 16.9 Å². The maximum Gasteiger partial charge on any atom is 0.123 e. The summed E-state index contributed by atoms with van der Waals surface area (Å²) >= 11 is 0. The molecule has 0 radical (unpaired) electrons. The number of likely N-dealkylation sites (tertiary alicyclic amines) is 1. The van der Waals surface area contributed by atoms with Gasteiger partial charge in [-0.25, -0.2) is 0 Å². The molecule has 0 spiro atoms. The summed E-state index contributed by atoms with van der Waals surface area (Å²) in [6, 6.07) is 8.94. The fourth-order valence-electron chi connectivity index (χ4n) is 3.34. The lowest BCUT2D eigenvalue weighted by Crippen LogP contribution is -2.32. The van der Waals surface area contributed by atoms with Crippen LogP contribution in [0.4, 0.5) is 0 Å². The van der Waals surface area contributed by atoms with Gasteiger partial charge in [0.25, 0.3) is 0 Å². The van der Waals surface area contributed by atoms with Crippen LogP contribution < -0.4 is 4.74 Å². The van der Waals surface area contributed by atoms with Crippen LogP contribution in [0.5, 0.6) is 5.75 Å². The van der Waals surface area contributed by atoms with Gasteiger partial charge in [0.05, 0.1) is 20.3 Å². The van der Waals surface area contributed by atoms with E-state index in [-0.39, 0.29) is 0 Å². The lowest BCUT2D eigenvalue weighted by atomic mass is 10.1. The zero-order valence-corrected chi connectivity index (χ0v) is 13.9. The van der Waals surface area contributed by atoms with Gasteiger partial charge in [0.1, 0.15) is 5.75 Å². The van der Waals surface area contributed by atoms with Crippen molar-refractivity contribution in [3.63, 3.8) is 0 Å². The highest BCUT2D eigenvalue weighted by molar-refractivity contribution is 5.37. The lowest BCUT2D eigenvalue weighted by Gasteiger charge is -2.24. The van der Waals surface area contributed by atoms with Gasteiger partial charge in [-0.15, -0.1) is 0 Å². The van der Waals surface area contributed by atoms with Gasteiger partial charge in [-0.2, -0.15) is 5.10 Å². The summed E-state index contributed by atoms with van der Waals surface area (Å²) in [5.74, 6) is 0.916. The number of nitrogens with zero attached hydrogens (tertiary/aromatic N) is 3. The van der Waals surface area contributed by atoms with Crippen molar-refractivity contribution in [3.8, 4) is 5.75 Å². The third-order valence-corrected chi connectivity index (χ3v) is 4.48. The van der Waals surface area contributed by atoms with Crippen molar-refractivity contribution in [3.05, 3.63) is 47.8 Å². The standard InChI is InChI=1S/C18H25N3O2/c1-22-14-17-5-3-9-20(17)12-15-6-7-18(23-2)16(11-15)13-21-10-4-8-19-21/h4,6-8,10-11,17H,3,5,9,12-14H2,1-2H3/t17-/m0/s1. The summed E-state index contributed by atoms with van der Waals surface area (Å²) in [5.41, 5.74) is 2.48. The Bertz CT molecular complexity index is 613. The summed E-state index contributed by atoms with van der Waals surface area (Å²) in [7, 11) is 3.50. The smallest absolute Gasteiger partial charge is 0.123 e. The van der Waals surface area contributed by atoms with Gasteiger partial charge in [-0.05, 0) is 43.1 Å². The zero-order valence-electron chi connectivity index (χ0n) is 13.9. The number of methoxy groups -OCH3 is 2. The second kappa shape index (κ2) is 7.62. The summed E-state index contributed by atoms with van der Waals surface area (Å²) in [6.07, 6.45) is 6.26. The fourth-order valence-corrected chi connectivity index (χ4v) is 3.34. The Morgan fingerprint density at radius 3 is 2.91 bits per heavy atom. The second-order valence-electron chi connectivity index (χ2n) is 6.07. The molecule has 0 aliphatic carbocycles. The third kappa shape index (κ3) is 3.92. The monoisotopic (exact) mass is 315 g/mol. The van der Waals surface area contributed by atoms with Crippen LogP contribution in [-0.4, -0.2) is 48.1 Å². The molecule has 23 heavy (non-hydrogen) atoms. The van der Waals surface area contributed by atoms with Crippen LogP contribution in [0.15, 0.2) is 36.7 Å². The molecule has 1 aliphatic heterocycles. The topological polar surface area (TPSA) is 39.5 Å². The highest BCUT2D eigenvalue weighted by atomic mass is 16.5. The van der Waals surface area contributed by atoms with Gasteiger partial charge in [0.2, 0.25) is 0 Å². The van der Waals surface area contributed by atoms with E-state index in [0.717, 1.165) is 37.6 Å². The Kier molecular flexibility index (Phi) is 5.31. The van der Waals surface area contributed by atoms with Crippen molar-refractivity contribution in [1.29, 1.82) is 0 Å². The molecule has 0 saturated carbocycles. The predicted octanol–water partition coefficient (Wildman–Crippen LogP) is 2.55. The summed E-state index contributed by atoms with van der Waals surface area (Å²) < 4.78 is 12.8. The molecule has 3 rings (SSSR count). The van der Waals surface area contributed by atoms with Gasteiger partial charge in [-0.1, -0.05) is 6.07 Å². The first-order valence-electron chi connectivity index (χ1n) is 8.16. The summed E-state index contributed by atoms with van der Waals surface area (Å²) in [4.78, 5) is 2.52. The predicted molar refractivity (Wildman–Crippen MR) is 89.6 cm³/mol. The highest BCUT2D eigenvalue weighted by Gasteiger charge is 2.24. The van der Waals surface area contributed by atoms with Gasteiger partial charge >= 0.3 is 0 Å². The maximum atomic E-state index is 5.50. The summed E-state index contributed by atoms with van der Waals surface area (Å²) in [6.45, 7) is 3.65. The fraction of sp³-hybridized carbons (Fsp3) is 0.500. The molecule has 124 valence electrons. The van der Waals surface area contributed by atoms with E-state index in [1.165, 1.54) is 18.4 Å². The Morgan fingerprint density at radius 2 is 2.17 bits per heavy atom. The minimum absolute atomic E-state index is 0.539. The normalized spacial score (nSPS) is 18.4. The Morgan fingerprint density at radius 1 is 1.26 bits per heavy atom. The minimum atomic E-state index is 0.539. The van der Waals surface area contributed by atoms with Crippen molar-refractivity contribution >= 4 is 0 Å². The molecular weight excluding hydrogens is 290 g/mol. The van der Waals surface area contributed by atoms with E-state index < -0.39 is 0 Å². The Balaban J connectivity index is 1.75. The first-order valence-corrected chi connectivity index (χ1v) is 8.16. The molecule has 1 aliphatic rings. The number of benzene rings is 1. The molecule has 2 aromatic rings. The zero-order chi connectivity index (χ0) is 16.1. The van der Waals surface area contributed by atoms with Crippen molar-refractivity contribution in [1.82, 2.24) is 14.7 Å². The number of hydrogen-bond acceptors (Lipinski definition) is 4. The van der Waals surface area contributed by atoms with Crippen molar-refractivity contribution in [2.24, 2.45) is 0 Å². The van der Waals surface area contributed by atoms with Crippen molar-refractivity contribution in [2.45, 2.75) is 32.0 Å². The number of ether oxygens (including phenoxy) is 2. The molecule has 2 heterocycles. The minimum Gasteiger partial charge on any atom is -0.496 e. The van der Waals surface area contributed by atoms with Crippen LogP contribution in [0.2, 0.25) is 0 Å². The van der Waals surface area contributed by atoms with Crippen LogP contribution in [0.3, 0.4) is 0 Å². The van der Waals surface area contributed by atoms with Crippen LogP contribution >= 0.6 is 0 Å². The molecule has 0 N–H and O–H groups in total. The molecule has 1 saturated heterocycles. The molecule has 5 nitrogen and oxygen atoms in total. The van der Waals surface area contributed by atoms with Crippen molar-refractivity contribution in [2.75, 3.05) is 27.4 Å². The summed E-state index contributed by atoms with van der Waals surface area (Å²) in [5, 5.41) is 4.29. The highest BCUT2D eigenvalue weighted by Crippen LogP contribution is 2.24. The Hall–Kier alpha value is -1.85. The Labute approximate surface area is 137 Å². The molecule has 0 bridgehead atoms. The van der Waals surface area contributed by atoms with Gasteiger partial charge in [-0.3, -0.25) is 9.58 Å². The van der Waals surface area contributed by atoms with Crippen LogP contribution in [0, 0.1) is 0 Å². The first-order chi connectivity index (χ1) is 11.3. The van der Waals surface area contributed by atoms with E-state index in [1.54, 1.807) is 20.4 Å². The van der Waals surface area contributed by atoms with Gasteiger partial charge < -0.3 is 9.47 Å². The van der Waals surface area contributed by atoms with Crippen molar-refractivity contribution < 1.29 is 9.47 Å². The molecule has 5 heteroatoms. The molecule has 1 aromatic heterocycles. The van der Waals surface area contributed by atoms with Crippen LogP contribution in [0.1, 0.15) is 24.0 Å².